The van der Waals surface area contributed by atoms with Gasteiger partial charge in [0.05, 0.1) is 0 Å². The largest absolute Gasteiger partial charge is 0.361 e. The average Bonchev–Trinajstić information content (AvgIpc) is 3.01. The molecule has 1 heterocycles. The minimum atomic E-state index is 0.522. The molecule has 1 aromatic heterocycles. The second kappa shape index (κ2) is 8.49. The lowest BCUT2D eigenvalue weighted by molar-refractivity contribution is 0.582. The summed E-state index contributed by atoms with van der Waals surface area (Å²) in [4.78, 5) is 7.49. The molecular weight excluding hydrogens is 292 g/mol. The van der Waals surface area contributed by atoms with E-state index in [1.807, 2.05) is 25.5 Å². The molecule has 0 amide bonds. The molecule has 0 atom stereocenters. The van der Waals surface area contributed by atoms with E-state index >= 15 is 0 Å². The average molecular weight is 320 g/mol. The van der Waals surface area contributed by atoms with Crippen LogP contribution in [0.4, 0.5) is 0 Å². The zero-order valence-corrected chi connectivity index (χ0v) is 15.1. The van der Waals surface area contributed by atoms with Gasteiger partial charge in [0.15, 0.2) is 0 Å². The summed E-state index contributed by atoms with van der Waals surface area (Å²) >= 11 is 0. The van der Waals surface area contributed by atoms with Crippen LogP contribution in [0, 0.1) is 5.92 Å². The Morgan fingerprint density at radius 1 is 1.29 bits per heavy atom. The first-order chi connectivity index (χ1) is 11.6. The van der Waals surface area contributed by atoms with Crippen molar-refractivity contribution in [1.29, 1.82) is 0 Å². The monoisotopic (exact) mass is 320 g/mol. The van der Waals surface area contributed by atoms with Crippen molar-refractivity contribution >= 4 is 23.2 Å². The van der Waals surface area contributed by atoms with Crippen molar-refractivity contribution in [2.75, 3.05) is 7.05 Å². The van der Waals surface area contributed by atoms with Crippen LogP contribution in [-0.4, -0.2) is 18.2 Å². The van der Waals surface area contributed by atoms with Crippen LogP contribution >= 0.6 is 0 Å². The highest BCUT2D eigenvalue weighted by Crippen LogP contribution is 2.25. The number of aliphatic imine (C=N–C) groups is 1. The third-order valence-corrected chi connectivity index (χ3v) is 4.67. The maximum atomic E-state index is 4.32. The van der Waals surface area contributed by atoms with Gasteiger partial charge in [-0.15, -0.1) is 0 Å². The maximum absolute atomic E-state index is 4.32. The van der Waals surface area contributed by atoms with E-state index in [1.165, 1.54) is 16.5 Å². The summed E-state index contributed by atoms with van der Waals surface area (Å²) in [6, 6.07) is 6.54. The maximum Gasteiger partial charge on any atom is 0.0460 e. The molecule has 0 radical (unpaired) electrons. The number of aromatic amines is 1. The van der Waals surface area contributed by atoms with Gasteiger partial charge in [0, 0.05) is 30.4 Å². The summed E-state index contributed by atoms with van der Waals surface area (Å²) in [5, 5.41) is 1.22. The molecule has 0 unspecified atom stereocenters. The van der Waals surface area contributed by atoms with E-state index in [4.69, 9.17) is 0 Å². The van der Waals surface area contributed by atoms with Crippen LogP contribution in [0.15, 0.2) is 59.8 Å². The molecule has 2 nitrogen and oxygen atoms in total. The SMILES string of the molecule is C=Cc1c[nH]c2ccc(C/C=C(\C=N/C)C(=C)C(CC)CC)cc12. The summed E-state index contributed by atoms with van der Waals surface area (Å²) < 4.78 is 0. The fraction of sp³-hybridized carbons (Fsp3) is 0.318. The quantitative estimate of drug-likeness (QED) is 0.458. The number of rotatable bonds is 8. The van der Waals surface area contributed by atoms with Crippen LogP contribution in [0.2, 0.25) is 0 Å². The third kappa shape index (κ3) is 3.94. The minimum absolute atomic E-state index is 0.522. The molecule has 1 N–H and O–H groups in total. The van der Waals surface area contributed by atoms with E-state index in [2.05, 4.69) is 61.3 Å². The summed E-state index contributed by atoms with van der Waals surface area (Å²) in [6.45, 7) is 12.6. The van der Waals surface area contributed by atoms with Crippen molar-refractivity contribution in [3.8, 4) is 0 Å². The molecule has 0 bridgehead atoms. The van der Waals surface area contributed by atoms with Gasteiger partial charge in [-0.2, -0.15) is 0 Å². The number of benzene rings is 1. The van der Waals surface area contributed by atoms with E-state index < -0.39 is 0 Å². The molecule has 24 heavy (non-hydrogen) atoms. The van der Waals surface area contributed by atoms with Gasteiger partial charge >= 0.3 is 0 Å². The van der Waals surface area contributed by atoms with Crippen molar-refractivity contribution in [2.24, 2.45) is 10.9 Å². The van der Waals surface area contributed by atoms with Crippen LogP contribution in [0.3, 0.4) is 0 Å². The second-order valence-corrected chi connectivity index (χ2v) is 6.12. The molecule has 0 aliphatic heterocycles. The summed E-state index contributed by atoms with van der Waals surface area (Å²) in [7, 11) is 1.82. The van der Waals surface area contributed by atoms with E-state index in [-0.39, 0.29) is 0 Å². The Balaban J connectivity index is 2.28. The first kappa shape index (κ1) is 18.0. The Labute approximate surface area is 145 Å². The van der Waals surface area contributed by atoms with Gasteiger partial charge in [0.25, 0.3) is 0 Å². The third-order valence-electron chi connectivity index (χ3n) is 4.67. The Morgan fingerprint density at radius 3 is 2.67 bits per heavy atom. The van der Waals surface area contributed by atoms with Crippen LogP contribution in [-0.2, 0) is 6.42 Å². The number of hydrogen-bond acceptors (Lipinski definition) is 1. The molecule has 0 saturated carbocycles. The summed E-state index contributed by atoms with van der Waals surface area (Å²) in [5.41, 5.74) is 5.93. The number of nitrogens with one attached hydrogen (secondary N) is 1. The van der Waals surface area contributed by atoms with Crippen molar-refractivity contribution in [2.45, 2.75) is 33.1 Å². The zero-order chi connectivity index (χ0) is 17.5. The number of fused-ring (bicyclic) bond motifs is 1. The Hall–Kier alpha value is -2.35. The Morgan fingerprint density at radius 2 is 2.04 bits per heavy atom. The molecule has 2 aromatic rings. The van der Waals surface area contributed by atoms with Gasteiger partial charge in [-0.25, -0.2) is 0 Å². The van der Waals surface area contributed by atoms with Gasteiger partial charge < -0.3 is 4.98 Å². The lowest BCUT2D eigenvalue weighted by Gasteiger charge is -2.16. The number of H-pyrrole nitrogens is 1. The molecule has 2 heteroatoms. The standard InChI is InChI=1S/C22H28N2/c1-6-18(7-2)16(4)20(14-23-5)11-9-17-10-12-22-21(13-17)19(8-3)15-24-22/h8,10-15,18,24H,3-4,6-7,9H2,1-2,5H3/b20-11+,23-14-. The van der Waals surface area contributed by atoms with Crippen LogP contribution < -0.4 is 0 Å². The van der Waals surface area contributed by atoms with E-state index in [9.17, 15) is 0 Å². The molecule has 0 aliphatic carbocycles. The first-order valence-corrected chi connectivity index (χ1v) is 8.68. The smallest absolute Gasteiger partial charge is 0.0460 e. The molecule has 0 saturated heterocycles. The number of aromatic nitrogens is 1. The highest BCUT2D eigenvalue weighted by Gasteiger charge is 2.11. The molecule has 1 aromatic carbocycles. The number of nitrogens with zero attached hydrogens (tertiary/aromatic N) is 1. The fourth-order valence-corrected chi connectivity index (χ4v) is 3.14. The summed E-state index contributed by atoms with van der Waals surface area (Å²) in [6.07, 6.45) is 11.2. The van der Waals surface area contributed by atoms with E-state index in [1.54, 1.807) is 0 Å². The van der Waals surface area contributed by atoms with Gasteiger partial charge in [-0.1, -0.05) is 45.2 Å². The molecule has 0 fully saturated rings. The van der Waals surface area contributed by atoms with Crippen molar-refractivity contribution < 1.29 is 0 Å². The van der Waals surface area contributed by atoms with Crippen molar-refractivity contribution in [3.63, 3.8) is 0 Å². The zero-order valence-electron chi connectivity index (χ0n) is 15.1. The van der Waals surface area contributed by atoms with Crippen molar-refractivity contribution in [3.05, 3.63) is 65.9 Å². The normalized spacial score (nSPS) is 12.4. The lowest BCUT2D eigenvalue weighted by Crippen LogP contribution is -2.05. The van der Waals surface area contributed by atoms with E-state index in [0.29, 0.717) is 5.92 Å². The van der Waals surface area contributed by atoms with Gasteiger partial charge in [-0.05, 0) is 59.6 Å². The number of allylic oxidation sites excluding steroid dienone is 3. The van der Waals surface area contributed by atoms with Gasteiger partial charge in [-0.3, -0.25) is 4.99 Å². The Kier molecular flexibility index (Phi) is 6.36. The van der Waals surface area contributed by atoms with Crippen LogP contribution in [0.5, 0.6) is 0 Å². The van der Waals surface area contributed by atoms with Crippen LogP contribution in [0.1, 0.15) is 37.8 Å². The van der Waals surface area contributed by atoms with Gasteiger partial charge in [0.1, 0.15) is 0 Å². The Bertz CT molecular complexity index is 770. The number of hydrogen-bond donors (Lipinski definition) is 1. The van der Waals surface area contributed by atoms with E-state index in [0.717, 1.165) is 35.9 Å². The highest BCUT2D eigenvalue weighted by molar-refractivity contribution is 5.89. The molecular formula is C22H28N2. The second-order valence-electron chi connectivity index (χ2n) is 6.12. The predicted molar refractivity (Wildman–Crippen MR) is 108 cm³/mol. The highest BCUT2D eigenvalue weighted by atomic mass is 14.7. The molecule has 0 aliphatic rings. The topological polar surface area (TPSA) is 28.1 Å². The first-order valence-electron chi connectivity index (χ1n) is 8.68. The molecule has 126 valence electrons. The predicted octanol–water partition coefficient (Wildman–Crippen LogP) is 5.97. The van der Waals surface area contributed by atoms with Gasteiger partial charge in [0.2, 0.25) is 0 Å². The molecule has 2 rings (SSSR count). The fourth-order valence-electron chi connectivity index (χ4n) is 3.14. The lowest BCUT2D eigenvalue weighted by atomic mass is 9.89. The van der Waals surface area contributed by atoms with Crippen molar-refractivity contribution in [1.82, 2.24) is 4.98 Å². The minimum Gasteiger partial charge on any atom is -0.361 e. The molecule has 0 spiro atoms. The van der Waals surface area contributed by atoms with Crippen LogP contribution in [0.25, 0.3) is 17.0 Å². The summed E-state index contributed by atoms with van der Waals surface area (Å²) in [5.74, 6) is 0.522.